The minimum atomic E-state index is 0.206. The normalized spacial score (nSPS) is 20.6. The van der Waals surface area contributed by atoms with Crippen molar-refractivity contribution in [1.29, 1.82) is 0 Å². The largest absolute Gasteiger partial charge is 0.341 e. The van der Waals surface area contributed by atoms with Crippen LogP contribution in [0, 0.1) is 0 Å². The fourth-order valence-corrected chi connectivity index (χ4v) is 2.45. The number of nitrogens with two attached hydrogens (primary N) is 1. The third-order valence-corrected chi connectivity index (χ3v) is 3.55. The second-order valence-corrected chi connectivity index (χ2v) is 5.26. The summed E-state index contributed by atoms with van der Waals surface area (Å²) in [6.07, 6.45) is 10.3. The van der Waals surface area contributed by atoms with Crippen molar-refractivity contribution in [3.63, 3.8) is 0 Å². The molecule has 3 nitrogen and oxygen atoms in total. The Morgan fingerprint density at radius 3 is 2.65 bits per heavy atom. The lowest BCUT2D eigenvalue weighted by Crippen LogP contribution is -2.45. The van der Waals surface area contributed by atoms with Gasteiger partial charge in [-0.1, -0.05) is 39.0 Å². The summed E-state index contributed by atoms with van der Waals surface area (Å²) >= 11 is 0. The van der Waals surface area contributed by atoms with E-state index < -0.39 is 0 Å². The molecule has 1 aliphatic heterocycles. The molecule has 1 fully saturated rings. The van der Waals surface area contributed by atoms with Gasteiger partial charge in [0.25, 0.3) is 0 Å². The van der Waals surface area contributed by atoms with Crippen molar-refractivity contribution in [3.8, 4) is 0 Å². The number of rotatable bonds is 7. The minimum absolute atomic E-state index is 0.206. The Bertz CT molecular complexity index is 218. The van der Waals surface area contributed by atoms with E-state index in [9.17, 15) is 4.79 Å². The smallest absolute Gasteiger partial charge is 0.222 e. The summed E-state index contributed by atoms with van der Waals surface area (Å²) in [5.74, 6) is 0.315. The highest BCUT2D eigenvalue weighted by Gasteiger charge is 2.20. The Hall–Kier alpha value is -0.570. The van der Waals surface area contributed by atoms with Gasteiger partial charge in [0.2, 0.25) is 5.91 Å². The molecule has 0 bridgehead atoms. The lowest BCUT2D eigenvalue weighted by Gasteiger charge is -2.30. The van der Waals surface area contributed by atoms with Gasteiger partial charge in [0, 0.05) is 25.6 Å². The van der Waals surface area contributed by atoms with Gasteiger partial charge in [0.15, 0.2) is 0 Å². The highest BCUT2D eigenvalue weighted by Crippen LogP contribution is 2.12. The second kappa shape index (κ2) is 8.51. The first-order valence-electron chi connectivity index (χ1n) is 7.27. The Morgan fingerprint density at radius 2 is 1.94 bits per heavy atom. The van der Waals surface area contributed by atoms with E-state index in [1.165, 1.54) is 32.1 Å². The maximum Gasteiger partial charge on any atom is 0.222 e. The summed E-state index contributed by atoms with van der Waals surface area (Å²) in [4.78, 5) is 13.9. The van der Waals surface area contributed by atoms with Crippen LogP contribution < -0.4 is 5.73 Å². The van der Waals surface area contributed by atoms with Gasteiger partial charge < -0.3 is 10.6 Å². The average Bonchev–Trinajstić information content (AvgIpc) is 2.33. The van der Waals surface area contributed by atoms with E-state index in [0.717, 1.165) is 38.8 Å². The van der Waals surface area contributed by atoms with Crippen LogP contribution >= 0.6 is 0 Å². The molecule has 1 rings (SSSR count). The van der Waals surface area contributed by atoms with Crippen LogP contribution in [-0.2, 0) is 4.79 Å². The van der Waals surface area contributed by atoms with E-state index in [-0.39, 0.29) is 6.04 Å². The van der Waals surface area contributed by atoms with Gasteiger partial charge in [0.05, 0.1) is 0 Å². The molecule has 1 atom stereocenters. The molecule has 1 heterocycles. The average molecular weight is 240 g/mol. The number of amides is 1. The van der Waals surface area contributed by atoms with Crippen LogP contribution in [0.2, 0.25) is 0 Å². The fraction of sp³-hybridized carbons (Fsp3) is 0.929. The monoisotopic (exact) mass is 240 g/mol. The highest BCUT2D eigenvalue weighted by molar-refractivity contribution is 5.76. The molecule has 0 aromatic rings. The minimum Gasteiger partial charge on any atom is -0.341 e. The number of likely N-dealkylation sites (tertiary alicyclic amines) is 1. The number of nitrogens with zero attached hydrogens (tertiary/aromatic N) is 1. The Labute approximate surface area is 106 Å². The maximum absolute atomic E-state index is 11.9. The van der Waals surface area contributed by atoms with Crippen LogP contribution in [0.15, 0.2) is 0 Å². The first-order valence-corrected chi connectivity index (χ1v) is 7.27. The van der Waals surface area contributed by atoms with Gasteiger partial charge in [-0.3, -0.25) is 4.79 Å². The van der Waals surface area contributed by atoms with E-state index in [1.807, 2.05) is 4.90 Å². The van der Waals surface area contributed by atoms with Crippen molar-refractivity contribution in [3.05, 3.63) is 0 Å². The molecule has 0 aromatic heterocycles. The summed E-state index contributed by atoms with van der Waals surface area (Å²) in [5, 5.41) is 0. The third-order valence-electron chi connectivity index (χ3n) is 3.55. The number of carbonyl (C=O) groups is 1. The predicted molar refractivity (Wildman–Crippen MR) is 71.8 cm³/mol. The summed E-state index contributed by atoms with van der Waals surface area (Å²) in [5.41, 5.74) is 5.88. The van der Waals surface area contributed by atoms with Crippen LogP contribution in [0.1, 0.15) is 64.7 Å². The predicted octanol–water partition coefficient (Wildman–Crippen LogP) is 2.69. The Morgan fingerprint density at radius 1 is 1.24 bits per heavy atom. The van der Waals surface area contributed by atoms with Crippen LogP contribution in [-0.4, -0.2) is 29.9 Å². The highest BCUT2D eigenvalue weighted by atomic mass is 16.2. The van der Waals surface area contributed by atoms with E-state index in [2.05, 4.69) is 6.92 Å². The van der Waals surface area contributed by atoms with Gasteiger partial charge in [-0.2, -0.15) is 0 Å². The molecule has 1 saturated heterocycles. The van der Waals surface area contributed by atoms with Crippen molar-refractivity contribution < 1.29 is 4.79 Å². The SMILES string of the molecule is CCCCCCCCC(=O)N1CCC[C@H](N)C1. The summed E-state index contributed by atoms with van der Waals surface area (Å²) in [7, 11) is 0. The first kappa shape index (κ1) is 14.5. The van der Waals surface area contributed by atoms with E-state index in [1.54, 1.807) is 0 Å². The molecule has 0 aromatic carbocycles. The molecule has 3 heteroatoms. The molecule has 0 unspecified atom stereocenters. The molecular formula is C14H28N2O. The van der Waals surface area contributed by atoms with Crippen molar-refractivity contribution in [1.82, 2.24) is 4.90 Å². The Balaban J connectivity index is 2.04. The summed E-state index contributed by atoms with van der Waals surface area (Å²) < 4.78 is 0. The van der Waals surface area contributed by atoms with Gasteiger partial charge in [-0.15, -0.1) is 0 Å². The number of unbranched alkanes of at least 4 members (excludes halogenated alkanes) is 5. The number of hydrogen-bond donors (Lipinski definition) is 1. The van der Waals surface area contributed by atoms with Gasteiger partial charge in [0.1, 0.15) is 0 Å². The van der Waals surface area contributed by atoms with E-state index in [0.29, 0.717) is 5.91 Å². The van der Waals surface area contributed by atoms with E-state index >= 15 is 0 Å². The van der Waals surface area contributed by atoms with Gasteiger partial charge >= 0.3 is 0 Å². The van der Waals surface area contributed by atoms with Crippen LogP contribution in [0.5, 0.6) is 0 Å². The topological polar surface area (TPSA) is 46.3 Å². The number of carbonyl (C=O) groups excluding carboxylic acids is 1. The lowest BCUT2D eigenvalue weighted by atomic mass is 10.1. The van der Waals surface area contributed by atoms with Crippen LogP contribution in [0.3, 0.4) is 0 Å². The molecule has 0 radical (unpaired) electrons. The molecule has 0 aliphatic carbocycles. The number of hydrogen-bond acceptors (Lipinski definition) is 2. The van der Waals surface area contributed by atoms with Crippen molar-refractivity contribution in [2.75, 3.05) is 13.1 Å². The standard InChI is InChI=1S/C14H28N2O/c1-2-3-4-5-6-7-10-14(17)16-11-8-9-13(15)12-16/h13H,2-12,15H2,1H3/t13-/m0/s1. The van der Waals surface area contributed by atoms with Crippen LogP contribution in [0.25, 0.3) is 0 Å². The lowest BCUT2D eigenvalue weighted by molar-refractivity contribution is -0.132. The number of piperidine rings is 1. The molecule has 1 aliphatic rings. The summed E-state index contributed by atoms with van der Waals surface area (Å²) in [6.45, 7) is 3.92. The molecule has 0 spiro atoms. The molecular weight excluding hydrogens is 212 g/mol. The zero-order valence-corrected chi connectivity index (χ0v) is 11.3. The third kappa shape index (κ3) is 6.06. The zero-order chi connectivity index (χ0) is 12.5. The van der Waals surface area contributed by atoms with Crippen molar-refractivity contribution >= 4 is 5.91 Å². The Kier molecular flexibility index (Phi) is 7.25. The molecule has 17 heavy (non-hydrogen) atoms. The van der Waals surface area contributed by atoms with Crippen molar-refractivity contribution in [2.45, 2.75) is 70.8 Å². The summed E-state index contributed by atoms with van der Waals surface area (Å²) in [6, 6.07) is 0.206. The maximum atomic E-state index is 11.9. The van der Waals surface area contributed by atoms with Gasteiger partial charge in [-0.25, -0.2) is 0 Å². The molecule has 0 saturated carbocycles. The van der Waals surface area contributed by atoms with Gasteiger partial charge in [-0.05, 0) is 19.3 Å². The second-order valence-electron chi connectivity index (χ2n) is 5.26. The quantitative estimate of drug-likeness (QED) is 0.695. The molecule has 100 valence electrons. The zero-order valence-electron chi connectivity index (χ0n) is 11.3. The first-order chi connectivity index (χ1) is 8.24. The molecule has 1 amide bonds. The molecule has 2 N–H and O–H groups in total. The van der Waals surface area contributed by atoms with Crippen LogP contribution in [0.4, 0.5) is 0 Å². The van der Waals surface area contributed by atoms with E-state index in [4.69, 9.17) is 5.73 Å². The van der Waals surface area contributed by atoms with Crippen molar-refractivity contribution in [2.24, 2.45) is 5.73 Å². The fourth-order valence-electron chi connectivity index (χ4n) is 2.45.